The van der Waals surface area contributed by atoms with Crippen LogP contribution in [-0.2, 0) is 4.74 Å². The Morgan fingerprint density at radius 3 is 2.65 bits per heavy atom. The normalized spacial score (nSPS) is 10.2. The number of methoxy groups -OCH3 is 1. The van der Waals surface area contributed by atoms with Crippen molar-refractivity contribution in [1.82, 2.24) is 10.2 Å². The molecule has 1 N–H and O–H groups in total. The molecule has 104 valence electrons. The number of esters is 1. The lowest BCUT2D eigenvalue weighted by atomic mass is 10.2. The summed E-state index contributed by atoms with van der Waals surface area (Å²) in [5.74, 6) is -1.07. The topological polar surface area (TPSA) is 81.2 Å². The molecular formula is C11H7Cl2N3O3S. The molecule has 6 nitrogen and oxygen atoms in total. The van der Waals surface area contributed by atoms with Crippen LogP contribution >= 0.6 is 34.5 Å². The third-order valence-corrected chi connectivity index (χ3v) is 3.57. The van der Waals surface area contributed by atoms with Gasteiger partial charge in [-0.2, -0.15) is 0 Å². The zero-order chi connectivity index (χ0) is 14.7. The van der Waals surface area contributed by atoms with Crippen molar-refractivity contribution in [3.8, 4) is 0 Å². The van der Waals surface area contributed by atoms with E-state index in [2.05, 4.69) is 20.3 Å². The fourth-order valence-corrected chi connectivity index (χ4v) is 2.27. The number of hydrogen-bond donors (Lipinski definition) is 1. The summed E-state index contributed by atoms with van der Waals surface area (Å²) >= 11 is 12.4. The van der Waals surface area contributed by atoms with Crippen LogP contribution in [0.4, 0.5) is 5.69 Å². The van der Waals surface area contributed by atoms with Gasteiger partial charge in [-0.1, -0.05) is 22.9 Å². The van der Waals surface area contributed by atoms with Crippen LogP contribution in [0.5, 0.6) is 0 Å². The average molecular weight is 332 g/mol. The molecule has 0 bridgehead atoms. The van der Waals surface area contributed by atoms with Gasteiger partial charge in [-0.3, -0.25) is 4.79 Å². The molecule has 20 heavy (non-hydrogen) atoms. The van der Waals surface area contributed by atoms with E-state index in [0.717, 1.165) is 11.3 Å². The van der Waals surface area contributed by atoms with E-state index in [1.165, 1.54) is 19.2 Å². The van der Waals surface area contributed by atoms with Crippen LogP contribution in [0.1, 0.15) is 20.2 Å². The summed E-state index contributed by atoms with van der Waals surface area (Å²) in [7, 11) is 1.24. The number of anilines is 1. The molecule has 0 radical (unpaired) electrons. The summed E-state index contributed by atoms with van der Waals surface area (Å²) in [6.07, 6.45) is 0. The summed E-state index contributed by atoms with van der Waals surface area (Å²) in [6.45, 7) is 0. The highest BCUT2D eigenvalue weighted by molar-refractivity contribution is 7.17. The highest BCUT2D eigenvalue weighted by atomic mass is 35.5. The Labute approximate surface area is 127 Å². The standard InChI is InChI=1S/C11H7Cl2N3O3S/c1-19-10(18)6-4-5(2-3-7(6)12)14-8(17)9-15-16-11(13)20-9/h2-4H,1H3,(H,14,17). The van der Waals surface area contributed by atoms with Crippen molar-refractivity contribution in [3.63, 3.8) is 0 Å². The van der Waals surface area contributed by atoms with Crippen molar-refractivity contribution < 1.29 is 14.3 Å². The zero-order valence-electron chi connectivity index (χ0n) is 10.0. The first kappa shape index (κ1) is 14.7. The molecule has 1 heterocycles. The van der Waals surface area contributed by atoms with Crippen LogP contribution in [0.15, 0.2) is 18.2 Å². The first-order chi connectivity index (χ1) is 9.51. The summed E-state index contributed by atoms with van der Waals surface area (Å²) in [5, 5.41) is 10.0. The highest BCUT2D eigenvalue weighted by Crippen LogP contribution is 2.22. The number of carbonyl (C=O) groups is 2. The molecular weight excluding hydrogens is 325 g/mol. The van der Waals surface area contributed by atoms with E-state index in [1.54, 1.807) is 6.07 Å². The van der Waals surface area contributed by atoms with Gasteiger partial charge < -0.3 is 10.1 Å². The van der Waals surface area contributed by atoms with E-state index in [9.17, 15) is 9.59 Å². The molecule has 1 aromatic carbocycles. The van der Waals surface area contributed by atoms with Crippen LogP contribution in [0.25, 0.3) is 0 Å². The van der Waals surface area contributed by atoms with Gasteiger partial charge in [-0.25, -0.2) is 4.79 Å². The zero-order valence-corrected chi connectivity index (χ0v) is 12.3. The highest BCUT2D eigenvalue weighted by Gasteiger charge is 2.15. The lowest BCUT2D eigenvalue weighted by Gasteiger charge is -2.06. The number of amides is 1. The molecule has 0 atom stereocenters. The third-order valence-electron chi connectivity index (χ3n) is 2.22. The van der Waals surface area contributed by atoms with Crippen LogP contribution in [0.3, 0.4) is 0 Å². The van der Waals surface area contributed by atoms with Gasteiger partial charge in [0.05, 0.1) is 17.7 Å². The number of nitrogens with one attached hydrogen (secondary N) is 1. The van der Waals surface area contributed by atoms with Crippen molar-refractivity contribution in [3.05, 3.63) is 38.3 Å². The maximum absolute atomic E-state index is 11.9. The van der Waals surface area contributed by atoms with Gasteiger partial charge in [-0.15, -0.1) is 10.2 Å². The molecule has 0 saturated heterocycles. The average Bonchev–Trinajstić information content (AvgIpc) is 2.87. The molecule has 1 amide bonds. The van der Waals surface area contributed by atoms with E-state index >= 15 is 0 Å². The predicted octanol–water partition coefficient (Wildman–Crippen LogP) is 2.88. The Hall–Kier alpha value is -1.70. The maximum atomic E-state index is 11.9. The Balaban J connectivity index is 2.22. The maximum Gasteiger partial charge on any atom is 0.339 e. The number of hydrogen-bond acceptors (Lipinski definition) is 6. The molecule has 2 rings (SSSR count). The predicted molar refractivity (Wildman–Crippen MR) is 75.7 cm³/mol. The van der Waals surface area contributed by atoms with Gasteiger partial charge in [-0.05, 0) is 29.8 Å². The fourth-order valence-electron chi connectivity index (χ4n) is 1.35. The Morgan fingerprint density at radius 2 is 2.05 bits per heavy atom. The molecule has 9 heteroatoms. The lowest BCUT2D eigenvalue weighted by molar-refractivity contribution is 0.0600. The Bertz CT molecular complexity index is 675. The number of rotatable bonds is 3. The van der Waals surface area contributed by atoms with E-state index in [0.29, 0.717) is 5.69 Å². The monoisotopic (exact) mass is 331 g/mol. The summed E-state index contributed by atoms with van der Waals surface area (Å²) < 4.78 is 4.76. The molecule has 0 spiro atoms. The minimum absolute atomic E-state index is 0.115. The number of benzene rings is 1. The fraction of sp³-hybridized carbons (Fsp3) is 0.0909. The van der Waals surface area contributed by atoms with E-state index in [-0.39, 0.29) is 20.1 Å². The van der Waals surface area contributed by atoms with E-state index in [4.69, 9.17) is 23.2 Å². The SMILES string of the molecule is COC(=O)c1cc(NC(=O)c2nnc(Cl)s2)ccc1Cl. The van der Waals surface area contributed by atoms with Crippen LogP contribution in [-0.4, -0.2) is 29.2 Å². The van der Waals surface area contributed by atoms with Gasteiger partial charge in [0, 0.05) is 5.69 Å². The smallest absolute Gasteiger partial charge is 0.339 e. The van der Waals surface area contributed by atoms with E-state index in [1.807, 2.05) is 0 Å². The second kappa shape index (κ2) is 6.17. The molecule has 0 aliphatic rings. The second-order valence-corrected chi connectivity index (χ2v) is 5.47. The van der Waals surface area contributed by atoms with Gasteiger partial charge in [0.15, 0.2) is 0 Å². The van der Waals surface area contributed by atoms with Gasteiger partial charge >= 0.3 is 5.97 Å². The quantitative estimate of drug-likeness (QED) is 0.874. The van der Waals surface area contributed by atoms with Crippen molar-refractivity contribution in [2.24, 2.45) is 0 Å². The van der Waals surface area contributed by atoms with Gasteiger partial charge in [0.2, 0.25) is 9.47 Å². The van der Waals surface area contributed by atoms with Crippen LogP contribution < -0.4 is 5.32 Å². The first-order valence-electron chi connectivity index (χ1n) is 5.19. The number of nitrogens with zero attached hydrogens (tertiary/aromatic N) is 2. The number of carbonyl (C=O) groups excluding carboxylic acids is 2. The molecule has 0 aliphatic heterocycles. The minimum atomic E-state index is -0.593. The van der Waals surface area contributed by atoms with Gasteiger partial charge in [0.25, 0.3) is 5.91 Å². The molecule has 0 aliphatic carbocycles. The Kier molecular flexibility index (Phi) is 4.53. The van der Waals surface area contributed by atoms with Gasteiger partial charge in [0.1, 0.15) is 0 Å². The molecule has 0 unspecified atom stereocenters. The molecule has 1 aromatic heterocycles. The summed E-state index contributed by atoms with van der Waals surface area (Å²) in [6, 6.07) is 4.44. The largest absolute Gasteiger partial charge is 0.465 e. The second-order valence-electron chi connectivity index (χ2n) is 3.50. The number of ether oxygens (including phenoxy) is 1. The van der Waals surface area contributed by atoms with Crippen LogP contribution in [0.2, 0.25) is 9.49 Å². The van der Waals surface area contributed by atoms with Crippen molar-refractivity contribution in [2.75, 3.05) is 12.4 Å². The Morgan fingerprint density at radius 1 is 1.30 bits per heavy atom. The first-order valence-corrected chi connectivity index (χ1v) is 6.76. The summed E-state index contributed by atoms with van der Waals surface area (Å²) in [4.78, 5) is 23.3. The number of halogens is 2. The molecule has 2 aromatic rings. The van der Waals surface area contributed by atoms with Crippen LogP contribution in [0, 0.1) is 0 Å². The summed E-state index contributed by atoms with van der Waals surface area (Å²) in [5.41, 5.74) is 0.536. The van der Waals surface area contributed by atoms with Crippen molar-refractivity contribution in [2.45, 2.75) is 0 Å². The van der Waals surface area contributed by atoms with Crippen molar-refractivity contribution >= 4 is 52.1 Å². The lowest BCUT2D eigenvalue weighted by Crippen LogP contribution is -2.12. The minimum Gasteiger partial charge on any atom is -0.465 e. The number of aromatic nitrogens is 2. The molecule has 0 fully saturated rings. The third kappa shape index (κ3) is 3.24. The van der Waals surface area contributed by atoms with Crippen molar-refractivity contribution in [1.29, 1.82) is 0 Å². The molecule has 0 saturated carbocycles. The van der Waals surface area contributed by atoms with E-state index < -0.39 is 11.9 Å².